The van der Waals surface area contributed by atoms with Gasteiger partial charge in [-0.1, -0.05) is 37.3 Å². The monoisotopic (exact) mass is 481 g/mol. The highest BCUT2D eigenvalue weighted by molar-refractivity contribution is 5.97. The van der Waals surface area contributed by atoms with Crippen LogP contribution in [0.2, 0.25) is 0 Å². The Hall–Kier alpha value is -3.21. The van der Waals surface area contributed by atoms with Gasteiger partial charge in [-0.15, -0.1) is 0 Å². The lowest BCUT2D eigenvalue weighted by atomic mass is 9.99. The van der Waals surface area contributed by atoms with Gasteiger partial charge in [-0.05, 0) is 30.4 Å². The molecule has 1 aromatic heterocycles. The van der Waals surface area contributed by atoms with E-state index in [1.807, 2.05) is 0 Å². The van der Waals surface area contributed by atoms with E-state index in [-0.39, 0.29) is 6.04 Å². The standard InChI is InChI=1S/C29H35N7/c1-3-27-32-25-19-35(26-9-5-8-21-7-4-6-20(2)28(21)26)13-11-24(25)29(33-27)36-15-14-34(17-22-16-31-22)23(18-36)10-12-30/h4-9,22-23,31H,3,10-11,13-19H2,1-2H3. The van der Waals surface area contributed by atoms with Crippen LogP contribution in [0.1, 0.15) is 36.0 Å². The normalized spacial score (nSPS) is 21.9. The summed E-state index contributed by atoms with van der Waals surface area (Å²) >= 11 is 0. The third kappa shape index (κ3) is 4.40. The van der Waals surface area contributed by atoms with Crippen molar-refractivity contribution in [1.82, 2.24) is 20.2 Å². The van der Waals surface area contributed by atoms with Crippen LogP contribution in [0.5, 0.6) is 0 Å². The Morgan fingerprint density at radius 3 is 2.69 bits per heavy atom. The second-order valence-electron chi connectivity index (χ2n) is 10.4. The number of nitrogens with zero attached hydrogens (tertiary/aromatic N) is 6. The van der Waals surface area contributed by atoms with E-state index in [4.69, 9.17) is 9.97 Å². The zero-order chi connectivity index (χ0) is 24.6. The van der Waals surface area contributed by atoms with Gasteiger partial charge in [0.2, 0.25) is 0 Å². The van der Waals surface area contributed by atoms with Crippen molar-refractivity contribution < 1.29 is 0 Å². The number of nitrogens with one attached hydrogen (secondary N) is 1. The van der Waals surface area contributed by atoms with Crippen molar-refractivity contribution in [2.24, 2.45) is 0 Å². The molecule has 36 heavy (non-hydrogen) atoms. The maximum atomic E-state index is 9.51. The molecule has 3 aliphatic rings. The van der Waals surface area contributed by atoms with Crippen molar-refractivity contribution in [3.63, 3.8) is 0 Å². The van der Waals surface area contributed by atoms with E-state index in [2.05, 4.69) is 76.3 Å². The van der Waals surface area contributed by atoms with Crippen LogP contribution in [0.4, 0.5) is 11.5 Å². The summed E-state index contributed by atoms with van der Waals surface area (Å²) in [6, 6.07) is 16.5. The van der Waals surface area contributed by atoms with Crippen molar-refractivity contribution in [3.05, 3.63) is 59.0 Å². The lowest BCUT2D eigenvalue weighted by Crippen LogP contribution is -2.54. The predicted molar refractivity (Wildman–Crippen MR) is 144 cm³/mol. The number of anilines is 2. The highest BCUT2D eigenvalue weighted by Gasteiger charge is 2.34. The molecule has 0 spiro atoms. The first-order valence-electron chi connectivity index (χ1n) is 13.4. The van der Waals surface area contributed by atoms with Crippen LogP contribution in [0.3, 0.4) is 0 Å². The van der Waals surface area contributed by atoms with E-state index in [1.165, 1.54) is 27.6 Å². The van der Waals surface area contributed by atoms with Crippen LogP contribution >= 0.6 is 0 Å². The number of hydrogen-bond donors (Lipinski definition) is 1. The third-order valence-electron chi connectivity index (χ3n) is 8.02. The van der Waals surface area contributed by atoms with E-state index >= 15 is 0 Å². The minimum Gasteiger partial charge on any atom is -0.365 e. The molecule has 4 heterocycles. The molecule has 3 aliphatic heterocycles. The number of hydrogen-bond acceptors (Lipinski definition) is 7. The fraction of sp³-hybridized carbons (Fsp3) is 0.483. The number of nitriles is 1. The summed E-state index contributed by atoms with van der Waals surface area (Å²) in [5.74, 6) is 2.03. The number of aromatic nitrogens is 2. The number of piperazine rings is 1. The van der Waals surface area contributed by atoms with Gasteiger partial charge in [-0.2, -0.15) is 5.26 Å². The van der Waals surface area contributed by atoms with Gasteiger partial charge in [-0.25, -0.2) is 9.97 Å². The number of rotatable bonds is 6. The number of fused-ring (bicyclic) bond motifs is 2. The first-order chi connectivity index (χ1) is 17.6. The molecule has 0 aliphatic carbocycles. The Kier molecular flexibility index (Phi) is 6.24. The molecule has 2 unspecified atom stereocenters. The first-order valence-corrected chi connectivity index (χ1v) is 13.4. The van der Waals surface area contributed by atoms with Crippen LogP contribution in [-0.4, -0.2) is 66.2 Å². The van der Waals surface area contributed by atoms with Crippen LogP contribution in [-0.2, 0) is 19.4 Å². The number of aryl methyl sites for hydroxylation is 2. The molecule has 1 N–H and O–H groups in total. The summed E-state index contributed by atoms with van der Waals surface area (Å²) in [6.07, 6.45) is 2.32. The molecule has 7 nitrogen and oxygen atoms in total. The third-order valence-corrected chi connectivity index (χ3v) is 8.02. The zero-order valence-corrected chi connectivity index (χ0v) is 21.4. The average molecular weight is 482 g/mol. The van der Waals surface area contributed by atoms with E-state index in [0.717, 1.165) is 76.0 Å². The first kappa shape index (κ1) is 23.2. The second-order valence-corrected chi connectivity index (χ2v) is 10.4. The molecule has 0 radical (unpaired) electrons. The van der Waals surface area contributed by atoms with Gasteiger partial charge in [-0.3, -0.25) is 4.90 Å². The zero-order valence-electron chi connectivity index (χ0n) is 21.4. The maximum Gasteiger partial charge on any atom is 0.136 e. The Balaban J connectivity index is 1.30. The lowest BCUT2D eigenvalue weighted by Gasteiger charge is -2.42. The minimum atomic E-state index is 0.251. The molecular formula is C29H35N7. The molecular weight excluding hydrogens is 446 g/mol. The molecule has 3 aromatic rings. The summed E-state index contributed by atoms with van der Waals surface area (Å²) in [4.78, 5) is 17.5. The molecule has 0 bridgehead atoms. The molecule has 0 saturated carbocycles. The van der Waals surface area contributed by atoms with Crippen molar-refractivity contribution in [2.45, 2.75) is 51.7 Å². The fourth-order valence-corrected chi connectivity index (χ4v) is 5.98. The maximum absolute atomic E-state index is 9.51. The molecule has 2 fully saturated rings. The molecule has 6 rings (SSSR count). The minimum absolute atomic E-state index is 0.251. The topological polar surface area (TPSA) is 81.2 Å². The quantitative estimate of drug-likeness (QED) is 0.540. The summed E-state index contributed by atoms with van der Waals surface area (Å²) in [5.41, 5.74) is 5.07. The molecule has 0 amide bonds. The molecule has 2 atom stereocenters. The van der Waals surface area contributed by atoms with E-state index in [9.17, 15) is 5.26 Å². The van der Waals surface area contributed by atoms with Crippen molar-refractivity contribution in [1.29, 1.82) is 5.26 Å². The fourth-order valence-electron chi connectivity index (χ4n) is 5.98. The Labute approximate surface area is 213 Å². The van der Waals surface area contributed by atoms with Crippen molar-refractivity contribution >= 4 is 22.3 Å². The molecule has 2 aromatic carbocycles. The van der Waals surface area contributed by atoms with E-state index in [1.54, 1.807) is 0 Å². The molecule has 2 saturated heterocycles. The van der Waals surface area contributed by atoms with Gasteiger partial charge in [0.05, 0.1) is 24.7 Å². The van der Waals surface area contributed by atoms with Gasteiger partial charge in [0.15, 0.2) is 0 Å². The van der Waals surface area contributed by atoms with Crippen LogP contribution in [0.15, 0.2) is 36.4 Å². The van der Waals surface area contributed by atoms with Crippen molar-refractivity contribution in [2.75, 3.05) is 49.1 Å². The van der Waals surface area contributed by atoms with Crippen molar-refractivity contribution in [3.8, 4) is 6.07 Å². The highest BCUT2D eigenvalue weighted by Crippen LogP contribution is 2.35. The summed E-state index contributed by atoms with van der Waals surface area (Å²) in [7, 11) is 0. The number of benzene rings is 2. The lowest BCUT2D eigenvalue weighted by molar-refractivity contribution is 0.179. The largest absolute Gasteiger partial charge is 0.365 e. The van der Waals surface area contributed by atoms with Crippen LogP contribution in [0, 0.1) is 18.3 Å². The van der Waals surface area contributed by atoms with Gasteiger partial charge >= 0.3 is 0 Å². The predicted octanol–water partition coefficient (Wildman–Crippen LogP) is 3.44. The molecule has 7 heteroatoms. The van der Waals surface area contributed by atoms with Crippen LogP contribution in [0.25, 0.3) is 10.8 Å². The Morgan fingerprint density at radius 1 is 1.08 bits per heavy atom. The van der Waals surface area contributed by atoms with Crippen LogP contribution < -0.4 is 15.1 Å². The van der Waals surface area contributed by atoms with Gasteiger partial charge in [0.25, 0.3) is 0 Å². The highest BCUT2D eigenvalue weighted by atomic mass is 15.3. The van der Waals surface area contributed by atoms with E-state index < -0.39 is 0 Å². The SMILES string of the molecule is CCc1nc2c(c(N3CCN(CC4CN4)C(CC#N)C3)n1)CCN(c1cccc3cccc(C)c13)C2. The summed E-state index contributed by atoms with van der Waals surface area (Å²) in [6.45, 7) is 11.0. The Morgan fingerprint density at radius 2 is 1.92 bits per heavy atom. The second kappa shape index (κ2) is 9.68. The Bertz CT molecular complexity index is 1300. The van der Waals surface area contributed by atoms with E-state index in [0.29, 0.717) is 12.5 Å². The smallest absolute Gasteiger partial charge is 0.136 e. The van der Waals surface area contributed by atoms with Gasteiger partial charge in [0.1, 0.15) is 11.6 Å². The van der Waals surface area contributed by atoms with Gasteiger partial charge in [0, 0.05) is 74.4 Å². The summed E-state index contributed by atoms with van der Waals surface area (Å²) in [5, 5.41) is 15.6. The molecule has 186 valence electrons. The summed E-state index contributed by atoms with van der Waals surface area (Å²) < 4.78 is 0. The average Bonchev–Trinajstić information content (AvgIpc) is 3.73. The van der Waals surface area contributed by atoms with Gasteiger partial charge < -0.3 is 15.1 Å².